The standard InChI is InChI=1S/C23H31NO2/c1-18-8-4-5-10-21(18)16-20-13-11-19(12-14-20)9-6-7-15-24-22(26)23(2,3)17-25/h4-5,8,10-14,25H,6-7,9,15-17H2,1-3H3,(H,24,26). The Hall–Kier alpha value is -2.13. The molecule has 0 heterocycles. The summed E-state index contributed by atoms with van der Waals surface area (Å²) in [5.74, 6) is -0.0828. The van der Waals surface area contributed by atoms with Crippen LogP contribution in [0.3, 0.4) is 0 Å². The molecule has 0 bridgehead atoms. The lowest BCUT2D eigenvalue weighted by molar-refractivity contribution is -0.131. The fourth-order valence-electron chi connectivity index (χ4n) is 2.82. The van der Waals surface area contributed by atoms with Crippen LogP contribution in [0.5, 0.6) is 0 Å². The number of unbranched alkanes of at least 4 members (excludes halogenated alkanes) is 1. The highest BCUT2D eigenvalue weighted by Crippen LogP contribution is 2.16. The molecule has 2 rings (SSSR count). The van der Waals surface area contributed by atoms with E-state index in [2.05, 4.69) is 60.8 Å². The van der Waals surface area contributed by atoms with E-state index in [9.17, 15) is 9.90 Å². The van der Waals surface area contributed by atoms with Crippen molar-refractivity contribution in [2.75, 3.05) is 13.2 Å². The topological polar surface area (TPSA) is 49.3 Å². The van der Waals surface area contributed by atoms with E-state index >= 15 is 0 Å². The second-order valence-electron chi connectivity index (χ2n) is 7.67. The molecule has 3 nitrogen and oxygen atoms in total. The molecule has 1 amide bonds. The Kier molecular flexibility index (Phi) is 7.40. The molecule has 0 unspecified atom stereocenters. The van der Waals surface area contributed by atoms with Crippen LogP contribution in [0, 0.1) is 12.3 Å². The van der Waals surface area contributed by atoms with Crippen molar-refractivity contribution >= 4 is 5.91 Å². The number of aliphatic hydroxyl groups excluding tert-OH is 1. The fourth-order valence-corrected chi connectivity index (χ4v) is 2.82. The summed E-state index contributed by atoms with van der Waals surface area (Å²) in [7, 11) is 0. The summed E-state index contributed by atoms with van der Waals surface area (Å²) in [5.41, 5.74) is 4.68. The van der Waals surface area contributed by atoms with Crippen molar-refractivity contribution in [2.45, 2.75) is 46.5 Å². The lowest BCUT2D eigenvalue weighted by atomic mass is 9.94. The van der Waals surface area contributed by atoms with Crippen molar-refractivity contribution in [1.29, 1.82) is 0 Å². The number of hydrogen-bond acceptors (Lipinski definition) is 2. The van der Waals surface area contributed by atoms with E-state index in [4.69, 9.17) is 0 Å². The molecule has 3 heteroatoms. The molecule has 0 aliphatic heterocycles. The van der Waals surface area contributed by atoms with Crippen LogP contribution in [-0.4, -0.2) is 24.2 Å². The number of aliphatic hydroxyl groups is 1. The van der Waals surface area contributed by atoms with E-state index in [-0.39, 0.29) is 12.5 Å². The second-order valence-corrected chi connectivity index (χ2v) is 7.67. The molecule has 2 aromatic carbocycles. The van der Waals surface area contributed by atoms with Crippen molar-refractivity contribution in [3.8, 4) is 0 Å². The SMILES string of the molecule is Cc1ccccc1Cc1ccc(CCCCNC(=O)C(C)(C)CO)cc1. The van der Waals surface area contributed by atoms with Crippen molar-refractivity contribution in [1.82, 2.24) is 5.32 Å². The second kappa shape index (κ2) is 9.54. The third-order valence-corrected chi connectivity index (χ3v) is 4.87. The number of rotatable bonds is 9. The molecular weight excluding hydrogens is 322 g/mol. The number of aryl methyl sites for hydroxylation is 2. The van der Waals surface area contributed by atoms with Gasteiger partial charge in [-0.2, -0.15) is 0 Å². The normalized spacial score (nSPS) is 11.4. The fraction of sp³-hybridized carbons (Fsp3) is 0.435. The van der Waals surface area contributed by atoms with Crippen LogP contribution in [0.4, 0.5) is 0 Å². The van der Waals surface area contributed by atoms with E-state index in [1.54, 1.807) is 13.8 Å². The zero-order valence-corrected chi connectivity index (χ0v) is 16.2. The molecular formula is C23H31NO2. The number of nitrogens with one attached hydrogen (secondary N) is 1. The van der Waals surface area contributed by atoms with Crippen LogP contribution in [0.1, 0.15) is 48.9 Å². The first-order valence-electron chi connectivity index (χ1n) is 9.44. The summed E-state index contributed by atoms with van der Waals surface area (Å²) in [5, 5.41) is 12.1. The molecule has 0 radical (unpaired) electrons. The van der Waals surface area contributed by atoms with Gasteiger partial charge in [0, 0.05) is 6.54 Å². The molecule has 0 saturated carbocycles. The summed E-state index contributed by atoms with van der Waals surface area (Å²) in [6, 6.07) is 17.4. The maximum Gasteiger partial charge on any atom is 0.227 e. The predicted octanol–water partition coefficient (Wildman–Crippen LogP) is 4.04. The Morgan fingerprint density at radius 3 is 2.31 bits per heavy atom. The number of benzene rings is 2. The van der Waals surface area contributed by atoms with Crippen molar-refractivity contribution in [3.05, 3.63) is 70.8 Å². The third-order valence-electron chi connectivity index (χ3n) is 4.87. The van der Waals surface area contributed by atoms with Crippen molar-refractivity contribution in [3.63, 3.8) is 0 Å². The molecule has 0 aliphatic carbocycles. The van der Waals surface area contributed by atoms with Gasteiger partial charge in [0.05, 0.1) is 12.0 Å². The van der Waals surface area contributed by atoms with E-state index in [1.165, 1.54) is 22.3 Å². The minimum Gasteiger partial charge on any atom is -0.395 e. The number of carbonyl (C=O) groups excluding carboxylic acids is 1. The zero-order valence-electron chi connectivity index (χ0n) is 16.2. The molecule has 0 atom stereocenters. The highest BCUT2D eigenvalue weighted by Gasteiger charge is 2.25. The largest absolute Gasteiger partial charge is 0.395 e. The number of amides is 1. The minimum absolute atomic E-state index is 0.0828. The maximum absolute atomic E-state index is 11.9. The molecule has 26 heavy (non-hydrogen) atoms. The molecule has 0 fully saturated rings. The molecule has 0 aliphatic rings. The van der Waals surface area contributed by atoms with Gasteiger partial charge in [-0.05, 0) is 68.7 Å². The predicted molar refractivity (Wildman–Crippen MR) is 107 cm³/mol. The molecule has 2 aromatic rings. The van der Waals surface area contributed by atoms with Crippen LogP contribution in [0.2, 0.25) is 0 Å². The van der Waals surface area contributed by atoms with Gasteiger partial charge in [0.2, 0.25) is 5.91 Å². The van der Waals surface area contributed by atoms with E-state index in [0.717, 1.165) is 25.7 Å². The monoisotopic (exact) mass is 353 g/mol. The average molecular weight is 354 g/mol. The van der Waals surface area contributed by atoms with Crippen molar-refractivity contribution < 1.29 is 9.90 Å². The van der Waals surface area contributed by atoms with E-state index in [0.29, 0.717) is 6.54 Å². The maximum atomic E-state index is 11.9. The Morgan fingerprint density at radius 1 is 1.00 bits per heavy atom. The van der Waals surface area contributed by atoms with Crippen LogP contribution in [0.15, 0.2) is 48.5 Å². The first kappa shape index (κ1) is 20.2. The van der Waals surface area contributed by atoms with Gasteiger partial charge in [-0.25, -0.2) is 0 Å². The van der Waals surface area contributed by atoms with Gasteiger partial charge < -0.3 is 10.4 Å². The first-order chi connectivity index (χ1) is 12.4. The highest BCUT2D eigenvalue weighted by molar-refractivity contribution is 5.81. The Balaban J connectivity index is 1.73. The Bertz CT molecular complexity index is 704. The molecule has 0 spiro atoms. The minimum atomic E-state index is -0.701. The Morgan fingerprint density at radius 2 is 1.65 bits per heavy atom. The van der Waals surface area contributed by atoms with E-state index in [1.807, 2.05) is 0 Å². The molecule has 0 saturated heterocycles. The lowest BCUT2D eigenvalue weighted by Crippen LogP contribution is -2.39. The summed E-state index contributed by atoms with van der Waals surface area (Å²) < 4.78 is 0. The molecule has 140 valence electrons. The zero-order chi connectivity index (χ0) is 19.0. The van der Waals surface area contributed by atoms with Gasteiger partial charge in [0.15, 0.2) is 0 Å². The van der Waals surface area contributed by atoms with Gasteiger partial charge >= 0.3 is 0 Å². The summed E-state index contributed by atoms with van der Waals surface area (Å²) in [6.45, 7) is 6.19. The summed E-state index contributed by atoms with van der Waals surface area (Å²) in [6.07, 6.45) is 3.97. The summed E-state index contributed by atoms with van der Waals surface area (Å²) in [4.78, 5) is 11.9. The van der Waals surface area contributed by atoms with Gasteiger partial charge in [-0.15, -0.1) is 0 Å². The van der Waals surface area contributed by atoms with Gasteiger partial charge in [0.1, 0.15) is 0 Å². The van der Waals surface area contributed by atoms with Gasteiger partial charge in [-0.3, -0.25) is 4.79 Å². The van der Waals surface area contributed by atoms with Crippen LogP contribution >= 0.6 is 0 Å². The number of hydrogen-bond donors (Lipinski definition) is 2. The Labute approximate surface area is 157 Å². The summed E-state index contributed by atoms with van der Waals surface area (Å²) >= 11 is 0. The molecule has 2 N–H and O–H groups in total. The van der Waals surface area contributed by atoms with Gasteiger partial charge in [0.25, 0.3) is 0 Å². The smallest absolute Gasteiger partial charge is 0.227 e. The van der Waals surface area contributed by atoms with Crippen molar-refractivity contribution in [2.24, 2.45) is 5.41 Å². The lowest BCUT2D eigenvalue weighted by Gasteiger charge is -2.20. The van der Waals surface area contributed by atoms with Crippen LogP contribution in [-0.2, 0) is 17.6 Å². The first-order valence-corrected chi connectivity index (χ1v) is 9.44. The average Bonchev–Trinajstić information content (AvgIpc) is 2.64. The van der Waals surface area contributed by atoms with E-state index < -0.39 is 5.41 Å². The highest BCUT2D eigenvalue weighted by atomic mass is 16.3. The van der Waals surface area contributed by atoms with Crippen LogP contribution < -0.4 is 5.32 Å². The number of carbonyl (C=O) groups is 1. The quantitative estimate of drug-likeness (QED) is 0.668. The van der Waals surface area contributed by atoms with Gasteiger partial charge in [-0.1, -0.05) is 48.5 Å². The van der Waals surface area contributed by atoms with Crippen LogP contribution in [0.25, 0.3) is 0 Å². The third kappa shape index (κ3) is 5.99. The molecule has 0 aromatic heterocycles.